The third-order valence-corrected chi connectivity index (χ3v) is 5.22. The Kier molecular flexibility index (Phi) is 5.31. The molecule has 0 bridgehead atoms. The molecule has 5 nitrogen and oxygen atoms in total. The molecule has 112 valence electrons. The van der Waals surface area contributed by atoms with Gasteiger partial charge in [0.05, 0.1) is 0 Å². The highest BCUT2D eigenvalue weighted by Crippen LogP contribution is 2.39. The van der Waals surface area contributed by atoms with E-state index < -0.39 is 19.5 Å². The van der Waals surface area contributed by atoms with E-state index in [1.165, 1.54) is 11.3 Å². The average molecular weight is 325 g/mol. The SMILES string of the molecule is O=C(O)C(NP(=O)(O)CCc1ccsc1)c1ccccc1. The molecule has 0 amide bonds. The Morgan fingerprint density at radius 3 is 2.57 bits per heavy atom. The van der Waals surface area contributed by atoms with Gasteiger partial charge >= 0.3 is 5.97 Å². The summed E-state index contributed by atoms with van der Waals surface area (Å²) in [6.45, 7) is 0. The van der Waals surface area contributed by atoms with Crippen LogP contribution in [0.2, 0.25) is 0 Å². The number of carbonyl (C=O) groups is 1. The van der Waals surface area contributed by atoms with Crippen LogP contribution in [0, 0.1) is 0 Å². The minimum Gasteiger partial charge on any atom is -0.480 e. The largest absolute Gasteiger partial charge is 0.480 e. The van der Waals surface area contributed by atoms with Crippen molar-refractivity contribution < 1.29 is 19.4 Å². The first-order valence-corrected chi connectivity index (χ1v) is 9.15. The Balaban J connectivity index is 2.05. The summed E-state index contributed by atoms with van der Waals surface area (Å²) in [5.74, 6) is -1.17. The molecule has 0 radical (unpaired) electrons. The smallest absolute Gasteiger partial charge is 0.325 e. The molecule has 2 unspecified atom stereocenters. The lowest BCUT2D eigenvalue weighted by Crippen LogP contribution is -2.27. The van der Waals surface area contributed by atoms with E-state index in [0.717, 1.165) is 5.56 Å². The van der Waals surface area contributed by atoms with Gasteiger partial charge in [-0.15, -0.1) is 0 Å². The van der Waals surface area contributed by atoms with Crippen molar-refractivity contribution in [3.63, 3.8) is 0 Å². The predicted molar refractivity (Wildman–Crippen MR) is 82.7 cm³/mol. The summed E-state index contributed by atoms with van der Waals surface area (Å²) in [4.78, 5) is 21.3. The zero-order chi connectivity index (χ0) is 15.3. The van der Waals surface area contributed by atoms with Crippen molar-refractivity contribution >= 4 is 24.8 Å². The van der Waals surface area contributed by atoms with Crippen LogP contribution < -0.4 is 5.09 Å². The molecule has 2 atom stereocenters. The van der Waals surface area contributed by atoms with E-state index in [0.29, 0.717) is 12.0 Å². The molecular weight excluding hydrogens is 309 g/mol. The first kappa shape index (κ1) is 15.9. The van der Waals surface area contributed by atoms with Gasteiger partial charge in [0.15, 0.2) is 0 Å². The number of rotatable bonds is 7. The fourth-order valence-electron chi connectivity index (χ4n) is 1.90. The van der Waals surface area contributed by atoms with Crippen LogP contribution in [0.1, 0.15) is 17.2 Å². The lowest BCUT2D eigenvalue weighted by atomic mass is 10.1. The maximum atomic E-state index is 12.2. The van der Waals surface area contributed by atoms with E-state index in [1.54, 1.807) is 30.3 Å². The molecule has 7 heteroatoms. The molecule has 1 heterocycles. The van der Waals surface area contributed by atoms with Crippen molar-refractivity contribution in [2.24, 2.45) is 0 Å². The van der Waals surface area contributed by atoms with Gasteiger partial charge in [0.25, 0.3) is 7.52 Å². The zero-order valence-electron chi connectivity index (χ0n) is 11.2. The van der Waals surface area contributed by atoms with Gasteiger partial charge in [0.2, 0.25) is 0 Å². The Morgan fingerprint density at radius 2 is 2.00 bits per heavy atom. The molecule has 1 aromatic carbocycles. The summed E-state index contributed by atoms with van der Waals surface area (Å²) in [5, 5.41) is 15.4. The Hall–Kier alpha value is -1.46. The Morgan fingerprint density at radius 1 is 1.29 bits per heavy atom. The fourth-order valence-corrected chi connectivity index (χ4v) is 3.96. The van der Waals surface area contributed by atoms with Crippen molar-refractivity contribution in [3.8, 4) is 0 Å². The van der Waals surface area contributed by atoms with Crippen LogP contribution in [0.4, 0.5) is 0 Å². The standard InChI is InChI=1S/C14H16NO4PS/c16-14(17)13(12-4-2-1-3-5-12)15-20(18,19)8-6-11-7-9-21-10-11/h1-5,7,9-10,13H,6,8H2,(H,16,17)(H2,15,18,19). The highest BCUT2D eigenvalue weighted by atomic mass is 32.1. The van der Waals surface area contributed by atoms with E-state index in [2.05, 4.69) is 5.09 Å². The number of carboxylic acids is 1. The van der Waals surface area contributed by atoms with E-state index >= 15 is 0 Å². The first-order valence-electron chi connectivity index (χ1n) is 6.36. The maximum Gasteiger partial charge on any atom is 0.325 e. The van der Waals surface area contributed by atoms with Gasteiger partial charge in [-0.1, -0.05) is 30.3 Å². The van der Waals surface area contributed by atoms with Crippen molar-refractivity contribution in [2.75, 3.05) is 6.16 Å². The monoisotopic (exact) mass is 325 g/mol. The van der Waals surface area contributed by atoms with Crippen LogP contribution in [-0.2, 0) is 15.8 Å². The summed E-state index contributed by atoms with van der Waals surface area (Å²) in [6.07, 6.45) is 0.436. The van der Waals surface area contributed by atoms with Crippen molar-refractivity contribution in [2.45, 2.75) is 12.5 Å². The minimum absolute atomic E-state index is 0.000344. The number of nitrogens with one attached hydrogen (secondary N) is 1. The summed E-state index contributed by atoms with van der Waals surface area (Å²) >= 11 is 1.52. The highest BCUT2D eigenvalue weighted by molar-refractivity contribution is 7.55. The predicted octanol–water partition coefficient (Wildman–Crippen LogP) is 2.89. The van der Waals surface area contributed by atoms with Crippen LogP contribution >= 0.6 is 18.9 Å². The summed E-state index contributed by atoms with van der Waals surface area (Å²) in [5.41, 5.74) is 1.43. The summed E-state index contributed by atoms with van der Waals surface area (Å²) in [7, 11) is -3.74. The third kappa shape index (κ3) is 4.79. The van der Waals surface area contributed by atoms with Gasteiger partial charge in [0, 0.05) is 6.16 Å². The number of benzene rings is 1. The second-order valence-electron chi connectivity index (χ2n) is 4.62. The van der Waals surface area contributed by atoms with Crippen LogP contribution in [-0.4, -0.2) is 22.1 Å². The van der Waals surface area contributed by atoms with Crippen LogP contribution in [0.15, 0.2) is 47.2 Å². The van der Waals surface area contributed by atoms with Crippen LogP contribution in [0.25, 0.3) is 0 Å². The number of carboxylic acid groups (broad SMARTS) is 1. The molecule has 0 saturated carbocycles. The number of hydrogen-bond donors (Lipinski definition) is 3. The van der Waals surface area contributed by atoms with Crippen molar-refractivity contribution in [3.05, 3.63) is 58.3 Å². The first-order chi connectivity index (χ1) is 9.98. The van der Waals surface area contributed by atoms with E-state index in [1.807, 2.05) is 16.8 Å². The van der Waals surface area contributed by atoms with E-state index in [9.17, 15) is 19.4 Å². The highest BCUT2D eigenvalue weighted by Gasteiger charge is 2.28. The van der Waals surface area contributed by atoms with Crippen molar-refractivity contribution in [1.29, 1.82) is 0 Å². The molecule has 0 aliphatic rings. The van der Waals surface area contributed by atoms with Crippen LogP contribution in [0.5, 0.6) is 0 Å². The lowest BCUT2D eigenvalue weighted by molar-refractivity contribution is -0.139. The van der Waals surface area contributed by atoms with E-state index in [4.69, 9.17) is 0 Å². The molecule has 0 saturated heterocycles. The summed E-state index contributed by atoms with van der Waals surface area (Å²) < 4.78 is 12.2. The molecular formula is C14H16NO4PS. The molecule has 0 aliphatic heterocycles. The molecule has 0 fully saturated rings. The van der Waals surface area contributed by atoms with Gasteiger partial charge in [-0.25, -0.2) is 5.09 Å². The second-order valence-corrected chi connectivity index (χ2v) is 7.51. The fraction of sp³-hybridized carbons (Fsp3) is 0.214. The second kappa shape index (κ2) is 7.00. The zero-order valence-corrected chi connectivity index (χ0v) is 12.9. The molecule has 0 spiro atoms. The number of hydrogen-bond acceptors (Lipinski definition) is 3. The molecule has 2 rings (SSSR count). The number of aryl methyl sites for hydroxylation is 1. The third-order valence-electron chi connectivity index (χ3n) is 2.99. The normalized spacial score (nSPS) is 15.3. The Labute approximate surface area is 126 Å². The van der Waals surface area contributed by atoms with Gasteiger partial charge in [-0.3, -0.25) is 9.36 Å². The van der Waals surface area contributed by atoms with Crippen LogP contribution in [0.3, 0.4) is 0 Å². The molecule has 3 N–H and O–H groups in total. The van der Waals surface area contributed by atoms with Crippen molar-refractivity contribution in [1.82, 2.24) is 5.09 Å². The molecule has 21 heavy (non-hydrogen) atoms. The summed E-state index contributed by atoms with van der Waals surface area (Å²) in [6, 6.07) is 9.08. The topological polar surface area (TPSA) is 86.6 Å². The average Bonchev–Trinajstić information content (AvgIpc) is 2.97. The van der Waals surface area contributed by atoms with Gasteiger partial charge < -0.3 is 10.00 Å². The molecule has 2 aromatic rings. The maximum absolute atomic E-state index is 12.2. The molecule has 0 aliphatic carbocycles. The Bertz CT molecular complexity index is 630. The number of thiophene rings is 1. The van der Waals surface area contributed by atoms with Gasteiger partial charge in [-0.05, 0) is 34.4 Å². The van der Waals surface area contributed by atoms with Gasteiger partial charge in [0.1, 0.15) is 6.04 Å². The quantitative estimate of drug-likeness (QED) is 0.682. The lowest BCUT2D eigenvalue weighted by Gasteiger charge is -2.19. The number of aliphatic carboxylic acids is 1. The minimum atomic E-state index is -3.74. The van der Waals surface area contributed by atoms with E-state index in [-0.39, 0.29) is 6.16 Å². The van der Waals surface area contributed by atoms with Gasteiger partial charge in [-0.2, -0.15) is 11.3 Å². The molecule has 1 aromatic heterocycles.